The largest absolute Gasteiger partial charge is 0.325 e. The smallest absolute Gasteiger partial charge is 0.242 e. The Morgan fingerprint density at radius 1 is 0.884 bits per heavy atom. The van der Waals surface area contributed by atoms with Crippen LogP contribution in [0.2, 0.25) is 0 Å². The van der Waals surface area contributed by atoms with Crippen molar-refractivity contribution in [1.82, 2.24) is 19.8 Å². The van der Waals surface area contributed by atoms with E-state index in [1.165, 1.54) is 64.2 Å². The average molecular weight is 614 g/mol. The molecule has 2 N–H and O–H groups in total. The molecule has 1 unspecified atom stereocenters. The molecule has 0 saturated carbocycles. The number of H-pyrrole nitrogens is 1. The van der Waals surface area contributed by atoms with Gasteiger partial charge < -0.3 is 5.32 Å². The molecule has 0 bridgehead atoms. The summed E-state index contributed by atoms with van der Waals surface area (Å²) in [5.74, 6) is 0.100. The van der Waals surface area contributed by atoms with Crippen molar-refractivity contribution >= 4 is 27.1 Å². The first-order valence-corrected chi connectivity index (χ1v) is 18.4. The van der Waals surface area contributed by atoms with Crippen LogP contribution in [0.5, 0.6) is 0 Å². The second-order valence-electron chi connectivity index (χ2n) is 13.1. The number of aromatic amines is 1. The number of fused-ring (bicyclic) bond motifs is 1. The molecule has 3 rings (SSSR count). The third-order valence-corrected chi connectivity index (χ3v) is 10.5. The zero-order valence-corrected chi connectivity index (χ0v) is 28.1. The number of unbranched alkanes of at least 4 members (excludes halogenated alkanes) is 13. The highest BCUT2D eigenvalue weighted by Gasteiger charge is 2.30. The first-order chi connectivity index (χ1) is 20.5. The van der Waals surface area contributed by atoms with Crippen LogP contribution in [0, 0.1) is 0 Å². The van der Waals surface area contributed by atoms with E-state index in [1.807, 2.05) is 18.2 Å². The molecule has 9 heteroatoms. The SMILES string of the molecule is CCCCCCCCCCCCCCCCS(=O)(=O)C(CC)C(=O)Nc1cccc(-c2nc3cc(C(C)(C)C)[nH]n3n2)c1. The molecule has 1 amide bonds. The van der Waals surface area contributed by atoms with E-state index in [4.69, 9.17) is 0 Å². The number of sulfone groups is 1. The van der Waals surface area contributed by atoms with E-state index >= 15 is 0 Å². The van der Waals surface area contributed by atoms with Crippen LogP contribution in [0.3, 0.4) is 0 Å². The fourth-order valence-corrected chi connectivity index (χ4v) is 7.27. The van der Waals surface area contributed by atoms with Crippen LogP contribution in [0.4, 0.5) is 5.69 Å². The lowest BCUT2D eigenvalue weighted by Crippen LogP contribution is -2.36. The number of amides is 1. The van der Waals surface area contributed by atoms with Crippen molar-refractivity contribution in [2.45, 2.75) is 142 Å². The summed E-state index contributed by atoms with van der Waals surface area (Å²) < 4.78 is 27.8. The number of nitrogens with zero attached hydrogens (tertiary/aromatic N) is 3. The first kappa shape index (κ1) is 34.8. The zero-order chi connectivity index (χ0) is 31.3. The Hall–Kier alpha value is -2.68. The van der Waals surface area contributed by atoms with Gasteiger partial charge in [0.2, 0.25) is 5.91 Å². The van der Waals surface area contributed by atoms with Crippen LogP contribution < -0.4 is 5.32 Å². The van der Waals surface area contributed by atoms with E-state index in [9.17, 15) is 13.2 Å². The second kappa shape index (κ2) is 17.0. The second-order valence-corrected chi connectivity index (χ2v) is 15.4. The van der Waals surface area contributed by atoms with Gasteiger partial charge in [0.15, 0.2) is 21.3 Å². The van der Waals surface area contributed by atoms with Gasteiger partial charge in [-0.05, 0) is 25.0 Å². The Morgan fingerprint density at radius 2 is 1.47 bits per heavy atom. The lowest BCUT2D eigenvalue weighted by molar-refractivity contribution is -0.115. The maximum atomic E-state index is 13.1. The molecule has 0 fully saturated rings. The number of carbonyl (C=O) groups is 1. The molecule has 240 valence electrons. The lowest BCUT2D eigenvalue weighted by Gasteiger charge is -2.16. The Morgan fingerprint density at radius 3 is 2.00 bits per heavy atom. The van der Waals surface area contributed by atoms with Crippen LogP contribution >= 0.6 is 0 Å². The van der Waals surface area contributed by atoms with Gasteiger partial charge in [-0.3, -0.25) is 9.89 Å². The van der Waals surface area contributed by atoms with Gasteiger partial charge in [0.25, 0.3) is 0 Å². The Balaban J connectivity index is 1.40. The molecule has 0 aliphatic heterocycles. The third-order valence-electron chi connectivity index (χ3n) is 8.21. The summed E-state index contributed by atoms with van der Waals surface area (Å²) in [7, 11) is -3.54. The first-order valence-electron chi connectivity index (χ1n) is 16.6. The van der Waals surface area contributed by atoms with Crippen molar-refractivity contribution < 1.29 is 13.2 Å². The van der Waals surface area contributed by atoms with Gasteiger partial charge in [0, 0.05) is 28.4 Å². The molecular formula is C34H55N5O3S. The van der Waals surface area contributed by atoms with Crippen molar-refractivity contribution in [3.05, 3.63) is 36.0 Å². The van der Waals surface area contributed by atoms with Crippen molar-refractivity contribution in [2.75, 3.05) is 11.1 Å². The van der Waals surface area contributed by atoms with E-state index in [1.54, 1.807) is 23.7 Å². The zero-order valence-electron chi connectivity index (χ0n) is 27.3. The highest BCUT2D eigenvalue weighted by molar-refractivity contribution is 7.92. The summed E-state index contributed by atoms with van der Waals surface area (Å²) in [6, 6.07) is 9.21. The topological polar surface area (TPSA) is 109 Å². The summed E-state index contributed by atoms with van der Waals surface area (Å²) in [6.45, 7) is 10.4. The van der Waals surface area contributed by atoms with Crippen LogP contribution in [0.25, 0.3) is 17.0 Å². The molecule has 2 heterocycles. The van der Waals surface area contributed by atoms with E-state index in [0.717, 1.165) is 36.2 Å². The van der Waals surface area contributed by atoms with Crippen LogP contribution in [0.1, 0.15) is 137 Å². The molecule has 2 aromatic heterocycles. The molecule has 0 aliphatic rings. The summed E-state index contributed by atoms with van der Waals surface area (Å²) in [4.78, 5) is 17.7. The van der Waals surface area contributed by atoms with E-state index in [2.05, 4.69) is 48.2 Å². The predicted molar refractivity (Wildman–Crippen MR) is 178 cm³/mol. The van der Waals surface area contributed by atoms with E-state index < -0.39 is 21.0 Å². The normalized spacial score (nSPS) is 13.0. The standard InChI is InChI=1S/C34H55N5O3S/c1-6-8-9-10-11-12-13-14-15-16-17-18-19-20-24-43(41,42)29(7-2)33(40)35-28-23-21-22-27(25-28)32-36-31-26-30(34(3,4)5)37-39(31)38-32/h21-23,25-26,29,37H,6-20,24H2,1-5H3,(H,35,40). The molecule has 1 aromatic carbocycles. The van der Waals surface area contributed by atoms with Crippen molar-refractivity contribution in [3.8, 4) is 11.4 Å². The van der Waals surface area contributed by atoms with Crippen LogP contribution in [-0.2, 0) is 20.0 Å². The summed E-state index contributed by atoms with van der Waals surface area (Å²) in [5.41, 5.74) is 2.98. The third kappa shape index (κ3) is 11.1. The number of hydrogen-bond acceptors (Lipinski definition) is 5. The summed E-state index contributed by atoms with van der Waals surface area (Å²) in [5, 5.41) is 9.59. The molecule has 43 heavy (non-hydrogen) atoms. The highest BCUT2D eigenvalue weighted by atomic mass is 32.2. The van der Waals surface area contributed by atoms with Gasteiger partial charge >= 0.3 is 0 Å². The molecular weight excluding hydrogens is 558 g/mol. The van der Waals surface area contributed by atoms with E-state index in [0.29, 0.717) is 17.9 Å². The summed E-state index contributed by atoms with van der Waals surface area (Å²) in [6.07, 6.45) is 17.3. The monoisotopic (exact) mass is 613 g/mol. The minimum atomic E-state index is -3.54. The van der Waals surface area contributed by atoms with Crippen LogP contribution in [0.15, 0.2) is 30.3 Å². The number of aromatic nitrogens is 4. The van der Waals surface area contributed by atoms with Gasteiger partial charge in [-0.15, -0.1) is 5.10 Å². The van der Waals surface area contributed by atoms with Gasteiger partial charge in [-0.1, -0.05) is 130 Å². The number of nitrogens with one attached hydrogen (secondary N) is 2. The van der Waals surface area contributed by atoms with Crippen molar-refractivity contribution in [3.63, 3.8) is 0 Å². The average Bonchev–Trinajstić information content (AvgIpc) is 3.54. The van der Waals surface area contributed by atoms with Crippen LogP contribution in [-0.4, -0.2) is 45.1 Å². The highest BCUT2D eigenvalue weighted by Crippen LogP contribution is 2.25. The Kier molecular flexibility index (Phi) is 13.7. The van der Waals surface area contributed by atoms with Gasteiger partial charge in [0.05, 0.1) is 5.75 Å². The number of hydrogen-bond donors (Lipinski definition) is 2. The molecule has 3 aromatic rings. The molecule has 8 nitrogen and oxygen atoms in total. The summed E-state index contributed by atoms with van der Waals surface area (Å²) >= 11 is 0. The van der Waals surface area contributed by atoms with Gasteiger partial charge in [-0.25, -0.2) is 13.4 Å². The Bertz CT molecular complexity index is 1340. The fraction of sp³-hybridized carbons (Fsp3) is 0.676. The quantitative estimate of drug-likeness (QED) is 0.124. The van der Waals surface area contributed by atoms with E-state index in [-0.39, 0.29) is 17.6 Å². The van der Waals surface area contributed by atoms with Gasteiger partial charge in [0.1, 0.15) is 5.25 Å². The molecule has 0 aliphatic carbocycles. The van der Waals surface area contributed by atoms with Gasteiger partial charge in [-0.2, -0.15) is 4.63 Å². The van der Waals surface area contributed by atoms with Crippen molar-refractivity contribution in [2.24, 2.45) is 0 Å². The predicted octanol–water partition coefficient (Wildman–Crippen LogP) is 8.64. The molecule has 1 atom stereocenters. The number of anilines is 1. The minimum Gasteiger partial charge on any atom is -0.325 e. The molecule has 0 radical (unpaired) electrons. The Labute approximate surface area is 259 Å². The van der Waals surface area contributed by atoms with Crippen molar-refractivity contribution in [1.29, 1.82) is 0 Å². The number of carbonyl (C=O) groups excluding carboxylic acids is 1. The number of benzene rings is 1. The fourth-order valence-electron chi connectivity index (χ4n) is 5.48. The minimum absolute atomic E-state index is 0.0463. The maximum absolute atomic E-state index is 13.1. The maximum Gasteiger partial charge on any atom is 0.242 e. The molecule has 0 spiro atoms. The number of rotatable bonds is 20. The molecule has 0 saturated heterocycles. The lowest BCUT2D eigenvalue weighted by atomic mass is 9.93.